The molecular formula is C24H25N3O4S. The van der Waals surface area contributed by atoms with Crippen LogP contribution in [0.1, 0.15) is 29.8 Å². The van der Waals surface area contributed by atoms with Gasteiger partial charge < -0.3 is 24.1 Å². The van der Waals surface area contributed by atoms with E-state index in [-0.39, 0.29) is 18.0 Å². The fraction of sp³-hybridized carbons (Fsp3) is 0.333. The fourth-order valence-corrected chi connectivity index (χ4v) is 5.48. The van der Waals surface area contributed by atoms with Crippen LogP contribution < -0.4 is 14.2 Å². The number of nitrogens with one attached hydrogen (secondary N) is 1. The molecule has 2 aliphatic rings. The Morgan fingerprint density at radius 3 is 2.41 bits per heavy atom. The van der Waals surface area contributed by atoms with Crippen molar-refractivity contribution in [3.05, 3.63) is 53.2 Å². The number of likely N-dealkylation sites (N-methyl/N-ethyl adjacent to an activating group) is 1. The zero-order valence-corrected chi connectivity index (χ0v) is 19.3. The van der Waals surface area contributed by atoms with Crippen LogP contribution in [-0.2, 0) is 11.2 Å². The van der Waals surface area contributed by atoms with Crippen LogP contribution in [0.2, 0.25) is 0 Å². The largest absolute Gasteiger partial charge is 0.493 e. The zero-order valence-electron chi connectivity index (χ0n) is 18.5. The van der Waals surface area contributed by atoms with Crippen LogP contribution in [0.25, 0.3) is 10.9 Å². The van der Waals surface area contributed by atoms with Crippen molar-refractivity contribution in [3.63, 3.8) is 0 Å². The SMILES string of the molecule is CCN1C(=O)[C@@H]2Cc3c([nH]c4ccccc34)[C@@H](c3cc(OC)c(OC)c(OC)c3)N2C1=S. The van der Waals surface area contributed by atoms with Gasteiger partial charge in [-0.25, -0.2) is 0 Å². The smallest absolute Gasteiger partial charge is 0.251 e. The Morgan fingerprint density at radius 1 is 1.09 bits per heavy atom. The number of H-pyrrole nitrogens is 1. The Morgan fingerprint density at radius 2 is 1.78 bits per heavy atom. The molecule has 5 rings (SSSR count). The van der Waals surface area contributed by atoms with Crippen molar-refractivity contribution >= 4 is 34.1 Å². The van der Waals surface area contributed by atoms with Gasteiger partial charge in [-0.3, -0.25) is 9.69 Å². The van der Waals surface area contributed by atoms with E-state index in [1.54, 1.807) is 26.2 Å². The third-order valence-electron chi connectivity index (χ3n) is 6.45. The molecule has 1 N–H and O–H groups in total. The van der Waals surface area contributed by atoms with Gasteiger partial charge in [-0.1, -0.05) is 18.2 Å². The summed E-state index contributed by atoms with van der Waals surface area (Å²) in [6, 6.07) is 11.4. The van der Waals surface area contributed by atoms with Crippen LogP contribution in [0.5, 0.6) is 17.2 Å². The zero-order chi connectivity index (χ0) is 22.6. The minimum atomic E-state index is -0.349. The average Bonchev–Trinajstić information content (AvgIpc) is 3.31. The maximum atomic E-state index is 13.3. The molecule has 2 aromatic carbocycles. The number of methoxy groups -OCH3 is 3. The average molecular weight is 452 g/mol. The van der Waals surface area contributed by atoms with Gasteiger partial charge in [-0.15, -0.1) is 0 Å². The van der Waals surface area contributed by atoms with E-state index < -0.39 is 0 Å². The molecule has 1 aromatic heterocycles. The highest BCUT2D eigenvalue weighted by atomic mass is 32.1. The van der Waals surface area contributed by atoms with E-state index in [2.05, 4.69) is 22.0 Å². The van der Waals surface area contributed by atoms with E-state index >= 15 is 0 Å². The molecule has 0 aliphatic carbocycles. The summed E-state index contributed by atoms with van der Waals surface area (Å²) in [5.41, 5.74) is 4.13. The molecule has 32 heavy (non-hydrogen) atoms. The highest BCUT2D eigenvalue weighted by molar-refractivity contribution is 7.80. The van der Waals surface area contributed by atoms with E-state index in [1.165, 1.54) is 0 Å². The number of benzene rings is 2. The minimum Gasteiger partial charge on any atom is -0.493 e. The number of hydrogen-bond donors (Lipinski definition) is 1. The number of carbonyl (C=O) groups excluding carboxylic acids is 1. The number of carbonyl (C=O) groups is 1. The van der Waals surface area contributed by atoms with E-state index in [4.69, 9.17) is 26.4 Å². The summed E-state index contributed by atoms with van der Waals surface area (Å²) in [6.45, 7) is 2.49. The Labute approximate surface area is 191 Å². The summed E-state index contributed by atoms with van der Waals surface area (Å²) < 4.78 is 16.7. The van der Waals surface area contributed by atoms with Gasteiger partial charge in [0.1, 0.15) is 6.04 Å². The molecule has 3 heterocycles. The van der Waals surface area contributed by atoms with Gasteiger partial charge in [0.05, 0.1) is 27.4 Å². The second kappa shape index (κ2) is 7.70. The molecule has 0 saturated carbocycles. The lowest BCUT2D eigenvalue weighted by atomic mass is 9.88. The van der Waals surface area contributed by atoms with Crippen molar-refractivity contribution in [1.82, 2.24) is 14.8 Å². The first kappa shape index (κ1) is 20.6. The molecule has 1 saturated heterocycles. The van der Waals surface area contributed by atoms with Gasteiger partial charge in [0.2, 0.25) is 5.75 Å². The van der Waals surface area contributed by atoms with Crippen LogP contribution in [0.15, 0.2) is 36.4 Å². The molecule has 0 spiro atoms. The highest BCUT2D eigenvalue weighted by Gasteiger charge is 2.50. The monoisotopic (exact) mass is 451 g/mol. The maximum absolute atomic E-state index is 13.3. The second-order valence-corrected chi connectivity index (χ2v) is 8.28. The number of hydrogen-bond acceptors (Lipinski definition) is 5. The summed E-state index contributed by atoms with van der Waals surface area (Å²) in [5.74, 6) is 1.69. The van der Waals surface area contributed by atoms with E-state index in [1.807, 2.05) is 31.2 Å². The summed E-state index contributed by atoms with van der Waals surface area (Å²) >= 11 is 5.80. The number of thiocarbonyl (C=S) groups is 1. The van der Waals surface area contributed by atoms with Crippen molar-refractivity contribution in [2.24, 2.45) is 0 Å². The van der Waals surface area contributed by atoms with Crippen molar-refractivity contribution in [3.8, 4) is 17.2 Å². The van der Waals surface area contributed by atoms with Gasteiger partial charge in [-0.05, 0) is 48.5 Å². The summed E-state index contributed by atoms with van der Waals surface area (Å²) in [4.78, 5) is 20.6. The van der Waals surface area contributed by atoms with Gasteiger partial charge in [0.15, 0.2) is 16.6 Å². The molecule has 0 radical (unpaired) electrons. The van der Waals surface area contributed by atoms with Crippen LogP contribution in [0.3, 0.4) is 0 Å². The van der Waals surface area contributed by atoms with Gasteiger partial charge in [0, 0.05) is 29.6 Å². The predicted molar refractivity (Wildman–Crippen MR) is 126 cm³/mol. The summed E-state index contributed by atoms with van der Waals surface area (Å²) in [6.07, 6.45) is 0.607. The number of rotatable bonds is 5. The van der Waals surface area contributed by atoms with Crippen LogP contribution in [-0.4, -0.2) is 59.7 Å². The third kappa shape index (κ3) is 2.79. The molecule has 166 valence electrons. The van der Waals surface area contributed by atoms with Crippen molar-refractivity contribution in [2.75, 3.05) is 27.9 Å². The number of nitrogens with zero attached hydrogens (tertiary/aromatic N) is 2. The Bertz CT molecular complexity index is 1210. The number of fused-ring (bicyclic) bond motifs is 4. The van der Waals surface area contributed by atoms with Crippen LogP contribution in [0.4, 0.5) is 0 Å². The molecular weight excluding hydrogens is 426 g/mol. The van der Waals surface area contributed by atoms with E-state index in [0.717, 1.165) is 27.7 Å². The number of ether oxygens (including phenoxy) is 3. The number of amides is 1. The Hall–Kier alpha value is -3.26. The van der Waals surface area contributed by atoms with E-state index in [9.17, 15) is 4.79 Å². The molecule has 3 aromatic rings. The van der Waals surface area contributed by atoms with E-state index in [0.29, 0.717) is 35.3 Å². The normalized spacial score (nSPS) is 19.9. The van der Waals surface area contributed by atoms with Gasteiger partial charge in [0.25, 0.3) is 5.91 Å². The summed E-state index contributed by atoms with van der Waals surface area (Å²) in [5, 5.41) is 1.68. The first-order valence-electron chi connectivity index (χ1n) is 10.6. The van der Waals surface area contributed by atoms with Crippen LogP contribution in [0, 0.1) is 0 Å². The first-order chi connectivity index (χ1) is 15.5. The molecule has 1 amide bonds. The van der Waals surface area contributed by atoms with Crippen molar-refractivity contribution < 1.29 is 19.0 Å². The second-order valence-electron chi connectivity index (χ2n) is 7.92. The van der Waals surface area contributed by atoms with Crippen molar-refractivity contribution in [2.45, 2.75) is 25.4 Å². The lowest BCUT2D eigenvalue weighted by Gasteiger charge is -2.37. The standard InChI is InChI=1S/C24H25N3O4S/c1-5-26-23(28)17-12-15-14-8-6-7-9-16(14)25-20(15)21(27(17)24(26)32)13-10-18(29-2)22(31-4)19(11-13)30-3/h6-11,17,21,25H,5,12H2,1-4H3/t17-,21+/m0/s1. The number of aromatic nitrogens is 1. The molecule has 1 fully saturated rings. The fourth-order valence-electron chi connectivity index (χ4n) is 5.03. The van der Waals surface area contributed by atoms with Gasteiger partial charge >= 0.3 is 0 Å². The third-order valence-corrected chi connectivity index (χ3v) is 6.88. The lowest BCUT2D eigenvalue weighted by molar-refractivity contribution is -0.128. The predicted octanol–water partition coefficient (Wildman–Crippen LogP) is 3.66. The summed E-state index contributed by atoms with van der Waals surface area (Å²) in [7, 11) is 4.78. The molecule has 0 bridgehead atoms. The number of aromatic amines is 1. The molecule has 0 unspecified atom stereocenters. The van der Waals surface area contributed by atoms with Crippen LogP contribution >= 0.6 is 12.2 Å². The quantitative estimate of drug-likeness (QED) is 0.598. The highest BCUT2D eigenvalue weighted by Crippen LogP contribution is 2.47. The Kier molecular flexibility index (Phi) is 4.97. The van der Waals surface area contributed by atoms with Gasteiger partial charge in [-0.2, -0.15) is 0 Å². The molecule has 7 nitrogen and oxygen atoms in total. The Balaban J connectivity index is 1.77. The van der Waals surface area contributed by atoms with Crippen molar-refractivity contribution in [1.29, 1.82) is 0 Å². The molecule has 2 aliphatic heterocycles. The topological polar surface area (TPSA) is 67.0 Å². The molecule has 8 heteroatoms. The minimum absolute atomic E-state index is 0.0471. The lowest BCUT2D eigenvalue weighted by Crippen LogP contribution is -2.44. The first-order valence-corrected chi connectivity index (χ1v) is 11.0. The maximum Gasteiger partial charge on any atom is 0.251 e. The molecule has 2 atom stereocenters. The number of para-hydroxylation sites is 1.